The van der Waals surface area contributed by atoms with Gasteiger partial charge in [0, 0.05) is 5.69 Å². The molecule has 0 aliphatic heterocycles. The molecule has 25 heavy (non-hydrogen) atoms. The third kappa shape index (κ3) is 5.92. The second-order valence-corrected chi connectivity index (χ2v) is 5.02. The lowest BCUT2D eigenvalue weighted by molar-refractivity contribution is -0.137. The lowest BCUT2D eigenvalue weighted by Crippen LogP contribution is -2.14. The molecule has 8 heteroatoms. The Morgan fingerprint density at radius 3 is 2.60 bits per heavy atom. The van der Waals surface area contributed by atoms with Crippen molar-refractivity contribution < 1.29 is 27.9 Å². The van der Waals surface area contributed by atoms with E-state index < -0.39 is 23.8 Å². The summed E-state index contributed by atoms with van der Waals surface area (Å²) >= 11 is 0. The van der Waals surface area contributed by atoms with Crippen LogP contribution in [0.3, 0.4) is 0 Å². The second-order valence-electron chi connectivity index (χ2n) is 5.02. The van der Waals surface area contributed by atoms with Gasteiger partial charge in [-0.1, -0.05) is 41.6 Å². The standard InChI is InChI=1S/C17H15F3N2O3/c18-17(19,20)13-7-4-8-14(9-13)22-16(24)10-21-25-11-15(23)12-5-2-1-3-6-12/h1-10,15,23H,11H2,(H,22,24)/b21-10-/t15-/m1/s1. The Morgan fingerprint density at radius 1 is 1.20 bits per heavy atom. The zero-order valence-electron chi connectivity index (χ0n) is 12.9. The van der Waals surface area contributed by atoms with Crippen molar-refractivity contribution >= 4 is 17.8 Å². The Hall–Kier alpha value is -2.87. The van der Waals surface area contributed by atoms with Crippen LogP contribution >= 0.6 is 0 Å². The number of hydrogen-bond donors (Lipinski definition) is 2. The summed E-state index contributed by atoms with van der Waals surface area (Å²) in [7, 11) is 0. The van der Waals surface area contributed by atoms with Crippen molar-refractivity contribution in [1.82, 2.24) is 0 Å². The van der Waals surface area contributed by atoms with Crippen molar-refractivity contribution in [1.29, 1.82) is 0 Å². The molecule has 1 amide bonds. The molecule has 0 unspecified atom stereocenters. The van der Waals surface area contributed by atoms with Crippen molar-refractivity contribution in [3.63, 3.8) is 0 Å². The summed E-state index contributed by atoms with van der Waals surface area (Å²) in [6.07, 6.45) is -4.63. The van der Waals surface area contributed by atoms with E-state index in [1.54, 1.807) is 30.3 Å². The van der Waals surface area contributed by atoms with Crippen LogP contribution in [0, 0.1) is 0 Å². The molecule has 132 valence electrons. The number of anilines is 1. The first kappa shape index (κ1) is 18.5. The van der Waals surface area contributed by atoms with E-state index in [1.165, 1.54) is 12.1 Å². The van der Waals surface area contributed by atoms with Gasteiger partial charge in [0.25, 0.3) is 5.91 Å². The fourth-order valence-corrected chi connectivity index (χ4v) is 1.92. The topological polar surface area (TPSA) is 70.9 Å². The fraction of sp³-hybridized carbons (Fsp3) is 0.176. The number of rotatable bonds is 6. The molecule has 2 aromatic carbocycles. The van der Waals surface area contributed by atoms with Gasteiger partial charge in [0.2, 0.25) is 0 Å². The maximum Gasteiger partial charge on any atom is 0.416 e. The molecular weight excluding hydrogens is 337 g/mol. The van der Waals surface area contributed by atoms with E-state index in [2.05, 4.69) is 10.5 Å². The van der Waals surface area contributed by atoms with Crippen molar-refractivity contribution in [3.05, 3.63) is 65.7 Å². The van der Waals surface area contributed by atoms with Crippen LogP contribution in [0.15, 0.2) is 59.8 Å². The minimum absolute atomic E-state index is 0.0180. The molecule has 0 saturated carbocycles. The van der Waals surface area contributed by atoms with Crippen LogP contribution < -0.4 is 5.32 Å². The maximum atomic E-state index is 12.6. The summed E-state index contributed by atoms with van der Waals surface area (Å²) in [6.45, 7) is -0.169. The quantitative estimate of drug-likeness (QED) is 0.618. The Balaban J connectivity index is 1.83. The van der Waals surface area contributed by atoms with E-state index in [0.717, 1.165) is 18.3 Å². The molecule has 2 rings (SSSR count). The number of amides is 1. The summed E-state index contributed by atoms with van der Waals surface area (Å²) in [6, 6.07) is 12.9. The lowest BCUT2D eigenvalue weighted by atomic mass is 10.1. The van der Waals surface area contributed by atoms with E-state index in [4.69, 9.17) is 4.84 Å². The highest BCUT2D eigenvalue weighted by atomic mass is 19.4. The number of hydrogen-bond acceptors (Lipinski definition) is 4. The SMILES string of the molecule is O=C(/C=N\OC[C@@H](O)c1ccccc1)Nc1cccc(C(F)(F)F)c1. The molecule has 0 aromatic heterocycles. The molecule has 5 nitrogen and oxygen atoms in total. The highest BCUT2D eigenvalue weighted by molar-refractivity contribution is 6.31. The number of oxime groups is 1. The number of nitrogens with zero attached hydrogens (tertiary/aromatic N) is 1. The smallest absolute Gasteiger partial charge is 0.393 e. The molecule has 0 radical (unpaired) electrons. The molecule has 0 fully saturated rings. The monoisotopic (exact) mass is 352 g/mol. The maximum absolute atomic E-state index is 12.6. The first-order chi connectivity index (χ1) is 11.9. The summed E-state index contributed by atoms with van der Waals surface area (Å²) in [4.78, 5) is 16.4. The number of nitrogens with one attached hydrogen (secondary N) is 1. The number of alkyl halides is 3. The molecule has 1 atom stereocenters. The number of carbonyl (C=O) groups excluding carboxylic acids is 1. The van der Waals surface area contributed by atoms with Crippen LogP contribution in [0.4, 0.5) is 18.9 Å². The third-order valence-electron chi connectivity index (χ3n) is 3.12. The Kier molecular flexibility index (Phi) is 6.13. The van der Waals surface area contributed by atoms with E-state index in [9.17, 15) is 23.1 Å². The van der Waals surface area contributed by atoms with Gasteiger partial charge >= 0.3 is 6.18 Å². The minimum atomic E-state index is -4.49. The van der Waals surface area contributed by atoms with Crippen molar-refractivity contribution in [2.24, 2.45) is 5.16 Å². The molecule has 0 bridgehead atoms. The van der Waals surface area contributed by atoms with Crippen LogP contribution in [-0.4, -0.2) is 23.8 Å². The van der Waals surface area contributed by atoms with E-state index >= 15 is 0 Å². The summed E-state index contributed by atoms with van der Waals surface area (Å²) in [5.74, 6) is -0.756. The van der Waals surface area contributed by atoms with Gasteiger partial charge < -0.3 is 15.3 Å². The zero-order chi connectivity index (χ0) is 18.3. The Bertz CT molecular complexity index is 733. The molecule has 2 N–H and O–H groups in total. The Labute approximate surface area is 141 Å². The Morgan fingerprint density at radius 2 is 1.92 bits per heavy atom. The fourth-order valence-electron chi connectivity index (χ4n) is 1.92. The molecule has 0 aliphatic rings. The highest BCUT2D eigenvalue weighted by Crippen LogP contribution is 2.30. The van der Waals surface area contributed by atoms with Crippen LogP contribution in [-0.2, 0) is 15.8 Å². The van der Waals surface area contributed by atoms with E-state index in [0.29, 0.717) is 5.56 Å². The molecule has 0 spiro atoms. The largest absolute Gasteiger partial charge is 0.416 e. The van der Waals surface area contributed by atoms with Crippen LogP contribution in [0.1, 0.15) is 17.2 Å². The lowest BCUT2D eigenvalue weighted by Gasteiger charge is -2.09. The van der Waals surface area contributed by atoms with E-state index in [-0.39, 0.29) is 12.3 Å². The van der Waals surface area contributed by atoms with Crippen molar-refractivity contribution in [2.45, 2.75) is 12.3 Å². The van der Waals surface area contributed by atoms with Gasteiger partial charge in [-0.25, -0.2) is 0 Å². The predicted molar refractivity (Wildman–Crippen MR) is 85.9 cm³/mol. The predicted octanol–water partition coefficient (Wildman–Crippen LogP) is 3.38. The zero-order valence-corrected chi connectivity index (χ0v) is 12.9. The number of halogens is 3. The molecule has 0 aliphatic carbocycles. The van der Waals surface area contributed by atoms with Crippen LogP contribution in [0.2, 0.25) is 0 Å². The average Bonchev–Trinajstić information content (AvgIpc) is 2.59. The number of aliphatic hydroxyl groups is 1. The van der Waals surface area contributed by atoms with Gasteiger partial charge in [-0.05, 0) is 23.8 Å². The van der Waals surface area contributed by atoms with Gasteiger partial charge in [-0.15, -0.1) is 0 Å². The normalized spacial score (nSPS) is 12.8. The van der Waals surface area contributed by atoms with Crippen molar-refractivity contribution in [2.75, 3.05) is 11.9 Å². The number of carbonyl (C=O) groups is 1. The van der Waals surface area contributed by atoms with Crippen molar-refractivity contribution in [3.8, 4) is 0 Å². The second kappa shape index (κ2) is 8.29. The van der Waals surface area contributed by atoms with Gasteiger partial charge in [-0.2, -0.15) is 13.2 Å². The van der Waals surface area contributed by atoms with Gasteiger partial charge in [-0.3, -0.25) is 4.79 Å². The van der Waals surface area contributed by atoms with Gasteiger partial charge in [0.05, 0.1) is 5.56 Å². The average molecular weight is 352 g/mol. The van der Waals surface area contributed by atoms with Crippen LogP contribution in [0.25, 0.3) is 0 Å². The number of benzene rings is 2. The number of aliphatic hydroxyl groups excluding tert-OH is 1. The first-order valence-corrected chi connectivity index (χ1v) is 7.23. The van der Waals surface area contributed by atoms with E-state index in [1.807, 2.05) is 0 Å². The molecule has 0 heterocycles. The highest BCUT2D eigenvalue weighted by Gasteiger charge is 2.30. The molecule has 2 aromatic rings. The van der Waals surface area contributed by atoms with Crippen LogP contribution in [0.5, 0.6) is 0 Å². The summed E-state index contributed by atoms with van der Waals surface area (Å²) in [5, 5.41) is 15.5. The molecule has 0 saturated heterocycles. The first-order valence-electron chi connectivity index (χ1n) is 7.23. The minimum Gasteiger partial charge on any atom is -0.393 e. The third-order valence-corrected chi connectivity index (χ3v) is 3.12. The van der Waals surface area contributed by atoms with Gasteiger partial charge in [0.1, 0.15) is 18.9 Å². The summed E-state index contributed by atoms with van der Waals surface area (Å²) in [5.41, 5.74) is -0.258. The van der Waals surface area contributed by atoms with Gasteiger partial charge in [0.15, 0.2) is 0 Å². The molecular formula is C17H15F3N2O3. The summed E-state index contributed by atoms with van der Waals surface area (Å²) < 4.78 is 37.8.